The summed E-state index contributed by atoms with van der Waals surface area (Å²) in [6, 6.07) is 0. The zero-order chi connectivity index (χ0) is 37.9. The zero-order valence-corrected chi connectivity index (χ0v) is 34.5. The summed E-state index contributed by atoms with van der Waals surface area (Å²) < 4.78 is 34.2. The number of phosphoric acid groups is 1. The molecule has 0 aromatic rings. The highest BCUT2D eigenvalue weighted by atomic mass is 31.2. The van der Waals surface area contributed by atoms with Crippen LogP contribution in [0.1, 0.15) is 174 Å². The second-order valence-corrected chi connectivity index (χ2v) is 16.5. The summed E-state index contributed by atoms with van der Waals surface area (Å²) >= 11 is 0. The molecule has 0 aliphatic heterocycles. The van der Waals surface area contributed by atoms with Gasteiger partial charge >= 0.3 is 19.8 Å². The Labute approximate surface area is 313 Å². The number of carbonyl (C=O) groups excluding carboxylic acids is 2. The van der Waals surface area contributed by atoms with Crippen LogP contribution in [0.3, 0.4) is 0 Å². The molecule has 0 aromatic heterocycles. The predicted molar refractivity (Wildman–Crippen MR) is 211 cm³/mol. The van der Waals surface area contributed by atoms with Crippen molar-refractivity contribution >= 4 is 19.8 Å². The highest BCUT2D eigenvalue weighted by Gasteiger charge is 2.27. The van der Waals surface area contributed by atoms with Gasteiger partial charge in [0.1, 0.15) is 19.8 Å². The SMILES string of the molecule is CCCCCCC/C=C/CCCCCCCC(=O)OC[C@H](COP(=O)(O)OCC[N+](C)(C)C)OC(=O)CCCCC/C=C/CCCCCCCC. The smallest absolute Gasteiger partial charge is 0.462 e. The fraction of sp³-hybridized carbons (Fsp3) is 0.854. The highest BCUT2D eigenvalue weighted by Crippen LogP contribution is 2.43. The average Bonchev–Trinajstić information content (AvgIpc) is 3.07. The zero-order valence-electron chi connectivity index (χ0n) is 33.6. The number of quaternary nitrogens is 1. The fourth-order valence-corrected chi connectivity index (χ4v) is 6.16. The number of ether oxygens (including phenoxy) is 2. The lowest BCUT2D eigenvalue weighted by Gasteiger charge is -2.24. The summed E-state index contributed by atoms with van der Waals surface area (Å²) in [5.74, 6) is -0.826. The molecule has 51 heavy (non-hydrogen) atoms. The van der Waals surface area contributed by atoms with Crippen LogP contribution in [-0.2, 0) is 32.7 Å². The number of esters is 2. The van der Waals surface area contributed by atoms with Crippen LogP contribution in [0.2, 0.25) is 0 Å². The molecule has 1 N–H and O–H groups in total. The second kappa shape index (κ2) is 34.3. The molecule has 0 radical (unpaired) electrons. The van der Waals surface area contributed by atoms with Gasteiger partial charge < -0.3 is 18.9 Å². The third kappa shape index (κ3) is 38.0. The van der Waals surface area contributed by atoms with Gasteiger partial charge in [0.2, 0.25) is 0 Å². The fourth-order valence-electron chi connectivity index (χ4n) is 5.41. The first kappa shape index (κ1) is 49.5. The van der Waals surface area contributed by atoms with E-state index in [9.17, 15) is 19.0 Å². The van der Waals surface area contributed by atoms with E-state index in [1.165, 1.54) is 77.0 Å². The molecule has 0 aliphatic carbocycles. The van der Waals surface area contributed by atoms with Crippen LogP contribution in [0.4, 0.5) is 0 Å². The van der Waals surface area contributed by atoms with Crippen molar-refractivity contribution < 1.29 is 42.1 Å². The molecule has 300 valence electrons. The largest absolute Gasteiger partial charge is 0.472 e. The van der Waals surface area contributed by atoms with Crippen molar-refractivity contribution in [1.29, 1.82) is 0 Å². The lowest BCUT2D eigenvalue weighted by molar-refractivity contribution is -0.870. The van der Waals surface area contributed by atoms with Gasteiger partial charge in [-0.05, 0) is 64.2 Å². The van der Waals surface area contributed by atoms with Crippen molar-refractivity contribution in [2.45, 2.75) is 180 Å². The molecule has 0 saturated heterocycles. The van der Waals surface area contributed by atoms with Gasteiger partial charge in [0, 0.05) is 12.8 Å². The minimum atomic E-state index is -4.37. The summed E-state index contributed by atoms with van der Waals surface area (Å²) in [4.78, 5) is 35.2. The van der Waals surface area contributed by atoms with Crippen LogP contribution >= 0.6 is 7.82 Å². The van der Waals surface area contributed by atoms with Gasteiger partial charge in [-0.3, -0.25) is 18.6 Å². The summed E-state index contributed by atoms with van der Waals surface area (Å²) in [7, 11) is 1.46. The predicted octanol–water partition coefficient (Wildman–Crippen LogP) is 11.2. The number of allylic oxidation sites excluding steroid dienone is 4. The normalized spacial score (nSPS) is 13.9. The number of nitrogens with zero attached hydrogens (tertiary/aromatic N) is 1. The minimum Gasteiger partial charge on any atom is -0.462 e. The summed E-state index contributed by atoms with van der Waals surface area (Å²) in [5, 5.41) is 0. The molecule has 0 fully saturated rings. The topological polar surface area (TPSA) is 108 Å². The van der Waals surface area contributed by atoms with Crippen LogP contribution in [0.15, 0.2) is 24.3 Å². The van der Waals surface area contributed by atoms with E-state index >= 15 is 0 Å². The van der Waals surface area contributed by atoms with Crippen LogP contribution in [0.5, 0.6) is 0 Å². The average molecular weight is 745 g/mol. The van der Waals surface area contributed by atoms with E-state index in [-0.39, 0.29) is 32.0 Å². The lowest BCUT2D eigenvalue weighted by Crippen LogP contribution is -2.37. The first-order chi connectivity index (χ1) is 24.5. The van der Waals surface area contributed by atoms with Crippen molar-refractivity contribution in [2.75, 3.05) is 47.5 Å². The lowest BCUT2D eigenvalue weighted by atomic mass is 10.1. The van der Waals surface area contributed by atoms with Crippen molar-refractivity contribution in [3.63, 3.8) is 0 Å². The molecule has 2 atom stereocenters. The number of phosphoric ester groups is 1. The highest BCUT2D eigenvalue weighted by molar-refractivity contribution is 7.47. The number of hydrogen-bond acceptors (Lipinski definition) is 7. The number of unbranched alkanes of at least 4 members (excludes halogenated alkanes) is 19. The summed E-state index contributed by atoms with van der Waals surface area (Å²) in [6.07, 6.45) is 35.1. The van der Waals surface area contributed by atoms with E-state index < -0.39 is 26.5 Å². The number of hydrogen-bond donors (Lipinski definition) is 1. The van der Waals surface area contributed by atoms with Gasteiger partial charge in [-0.1, -0.05) is 122 Å². The van der Waals surface area contributed by atoms with Gasteiger partial charge in [-0.2, -0.15) is 0 Å². The first-order valence-corrected chi connectivity index (χ1v) is 22.1. The van der Waals surface area contributed by atoms with Crippen LogP contribution in [-0.4, -0.2) is 74.9 Å². The maximum atomic E-state index is 12.6. The third-order valence-corrected chi connectivity index (χ3v) is 9.69. The molecule has 0 heterocycles. The van der Waals surface area contributed by atoms with Crippen molar-refractivity contribution in [1.82, 2.24) is 0 Å². The molecular formula is C41H79NO8P+. The standard InChI is InChI=1S/C41H78NO8P/c1-6-8-10-12-14-16-18-20-22-23-25-27-29-31-33-40(43)47-37-39(38-49-51(45,46)48-36-35-42(3,4)5)50-41(44)34-32-30-28-26-24-21-19-17-15-13-11-9-7-2/h18,20-21,24,39H,6-17,19,22-23,25-38H2,1-5H3/p+1/b20-18+,24-21+/t39-/m1/s1. The molecule has 0 spiro atoms. The minimum absolute atomic E-state index is 0.0286. The van der Waals surface area contributed by atoms with Crippen LogP contribution in [0, 0.1) is 0 Å². The third-order valence-electron chi connectivity index (χ3n) is 8.70. The van der Waals surface area contributed by atoms with Crippen LogP contribution in [0.25, 0.3) is 0 Å². The van der Waals surface area contributed by atoms with Gasteiger partial charge in [-0.25, -0.2) is 4.57 Å². The molecule has 0 rings (SSSR count). The molecule has 9 nitrogen and oxygen atoms in total. The number of carbonyl (C=O) groups is 2. The van der Waals surface area contributed by atoms with E-state index in [4.69, 9.17) is 18.5 Å². The Balaban J connectivity index is 4.44. The molecule has 0 aliphatic rings. The molecule has 10 heteroatoms. The van der Waals surface area contributed by atoms with E-state index in [0.717, 1.165) is 64.2 Å². The van der Waals surface area contributed by atoms with E-state index in [1.807, 2.05) is 21.1 Å². The van der Waals surface area contributed by atoms with E-state index in [0.29, 0.717) is 17.4 Å². The Morgan fingerprint density at radius 3 is 1.47 bits per heavy atom. The van der Waals surface area contributed by atoms with Crippen molar-refractivity contribution in [2.24, 2.45) is 0 Å². The van der Waals surface area contributed by atoms with E-state index in [2.05, 4.69) is 38.2 Å². The summed E-state index contributed by atoms with van der Waals surface area (Å²) in [6.45, 7) is 4.37. The summed E-state index contributed by atoms with van der Waals surface area (Å²) in [5.41, 5.74) is 0. The van der Waals surface area contributed by atoms with E-state index in [1.54, 1.807) is 0 Å². The van der Waals surface area contributed by atoms with Crippen molar-refractivity contribution in [3.8, 4) is 0 Å². The molecule has 0 bridgehead atoms. The molecule has 1 unspecified atom stereocenters. The van der Waals surface area contributed by atoms with Crippen molar-refractivity contribution in [3.05, 3.63) is 24.3 Å². The Kier molecular flexibility index (Phi) is 33.3. The van der Waals surface area contributed by atoms with Crippen LogP contribution < -0.4 is 0 Å². The maximum Gasteiger partial charge on any atom is 0.472 e. The second-order valence-electron chi connectivity index (χ2n) is 15.0. The van der Waals surface area contributed by atoms with Gasteiger partial charge in [-0.15, -0.1) is 0 Å². The van der Waals surface area contributed by atoms with Gasteiger partial charge in [0.05, 0.1) is 27.7 Å². The molecule has 0 amide bonds. The Morgan fingerprint density at radius 1 is 0.588 bits per heavy atom. The Morgan fingerprint density at radius 2 is 1.00 bits per heavy atom. The van der Waals surface area contributed by atoms with Gasteiger partial charge in [0.15, 0.2) is 6.10 Å². The molecule has 0 aromatic carbocycles. The first-order valence-electron chi connectivity index (χ1n) is 20.6. The number of likely N-dealkylation sites (N-methyl/N-ethyl adjacent to an activating group) is 1. The molecule has 0 saturated carbocycles. The Hall–Kier alpha value is -1.51. The molecular weight excluding hydrogens is 665 g/mol. The maximum absolute atomic E-state index is 12.6. The monoisotopic (exact) mass is 745 g/mol. The Bertz CT molecular complexity index is 933. The quantitative estimate of drug-likeness (QED) is 0.0220. The van der Waals surface area contributed by atoms with Gasteiger partial charge in [0.25, 0.3) is 0 Å². The number of rotatable bonds is 37.